The summed E-state index contributed by atoms with van der Waals surface area (Å²) < 4.78 is 0. The minimum atomic E-state index is 1.09. The Hall–Kier alpha value is -5.20. The fourth-order valence-electron chi connectivity index (χ4n) is 5.46. The van der Waals surface area contributed by atoms with Crippen LogP contribution in [0.1, 0.15) is 18.1 Å². The zero-order chi connectivity index (χ0) is 28.0. The smallest absolute Gasteiger partial charge is 0.0105 e. The number of rotatable bonds is 4. The molecule has 1 aliphatic rings. The average Bonchev–Trinajstić information content (AvgIpc) is 3.02. The molecule has 0 saturated carbocycles. The van der Waals surface area contributed by atoms with Crippen molar-refractivity contribution in [1.82, 2.24) is 0 Å². The summed E-state index contributed by atoms with van der Waals surface area (Å²) >= 11 is 0. The van der Waals surface area contributed by atoms with Gasteiger partial charge in [-0.15, -0.1) is 0 Å². The highest BCUT2D eigenvalue weighted by Crippen LogP contribution is 2.33. The summed E-state index contributed by atoms with van der Waals surface area (Å²) in [6.07, 6.45) is 23.0. The molecule has 0 nitrogen and oxygen atoms in total. The van der Waals surface area contributed by atoms with Gasteiger partial charge in [0.1, 0.15) is 0 Å². The van der Waals surface area contributed by atoms with Crippen molar-refractivity contribution in [2.75, 3.05) is 0 Å². The summed E-state index contributed by atoms with van der Waals surface area (Å²) in [5, 5.41) is 5.07. The van der Waals surface area contributed by atoms with Gasteiger partial charge in [-0.1, -0.05) is 152 Å². The van der Waals surface area contributed by atoms with E-state index in [-0.39, 0.29) is 0 Å². The van der Waals surface area contributed by atoms with Crippen LogP contribution >= 0.6 is 0 Å². The molecule has 41 heavy (non-hydrogen) atoms. The van der Waals surface area contributed by atoms with Crippen LogP contribution in [0.4, 0.5) is 0 Å². The lowest BCUT2D eigenvalue weighted by Crippen LogP contribution is -1.86. The molecule has 0 spiro atoms. The fourth-order valence-corrected chi connectivity index (χ4v) is 5.46. The summed E-state index contributed by atoms with van der Waals surface area (Å²) in [5.41, 5.74) is 9.50. The van der Waals surface area contributed by atoms with Crippen molar-refractivity contribution >= 4 is 33.7 Å². The molecule has 0 atom stereocenters. The van der Waals surface area contributed by atoms with Crippen LogP contribution in [0, 0.1) is 0 Å². The van der Waals surface area contributed by atoms with Gasteiger partial charge in [0.2, 0.25) is 0 Å². The van der Waals surface area contributed by atoms with E-state index in [4.69, 9.17) is 0 Å². The van der Waals surface area contributed by atoms with Crippen molar-refractivity contribution in [3.8, 4) is 22.3 Å². The first-order valence-electron chi connectivity index (χ1n) is 14.1. The third-order valence-electron chi connectivity index (χ3n) is 7.59. The summed E-state index contributed by atoms with van der Waals surface area (Å²) in [6.45, 7) is 6.02. The van der Waals surface area contributed by atoms with E-state index >= 15 is 0 Å². The third-order valence-corrected chi connectivity index (χ3v) is 7.59. The van der Waals surface area contributed by atoms with E-state index in [0.717, 1.165) is 11.1 Å². The second kappa shape index (κ2) is 11.9. The molecule has 196 valence electrons. The van der Waals surface area contributed by atoms with Crippen LogP contribution in [0.25, 0.3) is 56.0 Å². The third kappa shape index (κ3) is 5.60. The van der Waals surface area contributed by atoms with Gasteiger partial charge in [0, 0.05) is 0 Å². The van der Waals surface area contributed by atoms with Gasteiger partial charge in [0.05, 0.1) is 0 Å². The standard InChI is InChI=1S/C41H32/c1-3-12-31-16-10-11-18-34-27-36(20-19-33(34)17-9-8-13-30(31)4-2)37-24-26-41-39(29-37)22-21-38-28-35(23-25-40(38)41)32-14-6-5-7-15-32/h3-29H,2H2,1H3/b9-8?,11-10?,12-3-,13-8+,16-10-,17-9+,18-11-,30-13?,31-16?,31-30-,33-17?,34-18?. The molecule has 5 aromatic rings. The van der Waals surface area contributed by atoms with E-state index in [1.165, 1.54) is 54.9 Å². The number of allylic oxidation sites excluding steroid dienone is 11. The molecule has 0 bridgehead atoms. The van der Waals surface area contributed by atoms with Crippen molar-refractivity contribution in [3.05, 3.63) is 181 Å². The van der Waals surface area contributed by atoms with Gasteiger partial charge in [0.25, 0.3) is 0 Å². The topological polar surface area (TPSA) is 0 Å². The lowest BCUT2D eigenvalue weighted by atomic mass is 9.94. The minimum Gasteiger partial charge on any atom is -0.0984 e. The van der Waals surface area contributed by atoms with Gasteiger partial charge in [-0.2, -0.15) is 0 Å². The summed E-state index contributed by atoms with van der Waals surface area (Å²) in [6, 6.07) is 35.4. The zero-order valence-electron chi connectivity index (χ0n) is 23.3. The predicted octanol–water partition coefficient (Wildman–Crippen LogP) is 11.5. The van der Waals surface area contributed by atoms with Crippen molar-refractivity contribution < 1.29 is 0 Å². The van der Waals surface area contributed by atoms with Crippen molar-refractivity contribution in [1.29, 1.82) is 0 Å². The van der Waals surface area contributed by atoms with Gasteiger partial charge in [-0.05, 0) is 91.2 Å². The maximum absolute atomic E-state index is 3.99. The van der Waals surface area contributed by atoms with Gasteiger partial charge in [-0.3, -0.25) is 0 Å². The number of fused-ring (bicyclic) bond motifs is 4. The van der Waals surface area contributed by atoms with Crippen LogP contribution in [0.5, 0.6) is 0 Å². The molecule has 0 aliphatic heterocycles. The predicted molar refractivity (Wildman–Crippen MR) is 181 cm³/mol. The molecule has 0 radical (unpaired) electrons. The minimum absolute atomic E-state index is 1.09. The Morgan fingerprint density at radius 3 is 1.71 bits per heavy atom. The van der Waals surface area contributed by atoms with Crippen LogP contribution in [-0.4, -0.2) is 0 Å². The molecule has 5 aromatic carbocycles. The van der Waals surface area contributed by atoms with E-state index in [9.17, 15) is 0 Å². The Labute approximate surface area is 243 Å². The highest BCUT2D eigenvalue weighted by Gasteiger charge is 2.07. The van der Waals surface area contributed by atoms with Gasteiger partial charge < -0.3 is 0 Å². The summed E-state index contributed by atoms with van der Waals surface area (Å²) in [7, 11) is 0. The van der Waals surface area contributed by atoms with E-state index in [1.807, 2.05) is 13.0 Å². The van der Waals surface area contributed by atoms with Crippen molar-refractivity contribution in [2.24, 2.45) is 0 Å². The second-order valence-corrected chi connectivity index (χ2v) is 10.2. The molecule has 0 fully saturated rings. The van der Waals surface area contributed by atoms with Crippen LogP contribution in [-0.2, 0) is 0 Å². The van der Waals surface area contributed by atoms with Gasteiger partial charge in [-0.25, -0.2) is 0 Å². The van der Waals surface area contributed by atoms with E-state index in [0.29, 0.717) is 0 Å². The molecule has 0 aromatic heterocycles. The molecule has 6 rings (SSSR count). The van der Waals surface area contributed by atoms with E-state index in [1.54, 1.807) is 0 Å². The van der Waals surface area contributed by atoms with Gasteiger partial charge in [0.15, 0.2) is 0 Å². The summed E-state index contributed by atoms with van der Waals surface area (Å²) in [4.78, 5) is 0. The van der Waals surface area contributed by atoms with Gasteiger partial charge >= 0.3 is 0 Å². The van der Waals surface area contributed by atoms with E-state index < -0.39 is 0 Å². The fraction of sp³-hybridized carbons (Fsp3) is 0.0244. The molecule has 0 heterocycles. The SMILES string of the molecule is C=CC1=C(\C=C/C)/C=C\C=C/c2cc(-c3ccc4c(ccc5cc(-c6ccccc6)ccc54)c3)ccc2\C=C\C=C\1. The quantitative estimate of drug-likeness (QED) is 0.205. The lowest BCUT2D eigenvalue weighted by Gasteiger charge is -2.11. The molecule has 0 saturated heterocycles. The van der Waals surface area contributed by atoms with Crippen LogP contribution in [0.3, 0.4) is 0 Å². The molecule has 0 N–H and O–H groups in total. The van der Waals surface area contributed by atoms with Crippen molar-refractivity contribution in [3.63, 3.8) is 0 Å². The first kappa shape index (κ1) is 26.0. The molecule has 1 aliphatic carbocycles. The largest absolute Gasteiger partial charge is 0.0984 e. The van der Waals surface area contributed by atoms with Crippen LogP contribution in [0.15, 0.2) is 169 Å². The Bertz CT molecular complexity index is 1940. The monoisotopic (exact) mass is 524 g/mol. The number of hydrogen-bond donors (Lipinski definition) is 0. The first-order valence-corrected chi connectivity index (χ1v) is 14.1. The molecule has 0 heteroatoms. The highest BCUT2D eigenvalue weighted by atomic mass is 14.1. The Morgan fingerprint density at radius 1 is 0.488 bits per heavy atom. The maximum Gasteiger partial charge on any atom is -0.0105 e. The molecular formula is C41H32. The van der Waals surface area contributed by atoms with Crippen LogP contribution in [0.2, 0.25) is 0 Å². The Balaban J connectivity index is 1.36. The molecular weight excluding hydrogens is 492 g/mol. The Morgan fingerprint density at radius 2 is 1.05 bits per heavy atom. The number of hydrogen-bond acceptors (Lipinski definition) is 0. The molecule has 0 unspecified atom stereocenters. The van der Waals surface area contributed by atoms with Crippen LogP contribution < -0.4 is 0 Å². The number of benzene rings is 5. The highest BCUT2D eigenvalue weighted by molar-refractivity contribution is 6.09. The lowest BCUT2D eigenvalue weighted by molar-refractivity contribution is 1.54. The first-order chi connectivity index (χ1) is 20.2. The van der Waals surface area contributed by atoms with E-state index in [2.05, 4.69) is 164 Å². The Kier molecular flexibility index (Phi) is 7.56. The molecule has 0 amide bonds. The average molecular weight is 525 g/mol. The summed E-state index contributed by atoms with van der Waals surface area (Å²) in [5.74, 6) is 0. The second-order valence-electron chi connectivity index (χ2n) is 10.2. The zero-order valence-corrected chi connectivity index (χ0v) is 23.3. The normalized spacial score (nSPS) is 18.4. The van der Waals surface area contributed by atoms with Crippen molar-refractivity contribution in [2.45, 2.75) is 6.92 Å². The maximum atomic E-state index is 3.99.